The fourth-order valence-corrected chi connectivity index (χ4v) is 2.27. The Balaban J connectivity index is 1.99. The highest BCUT2D eigenvalue weighted by atomic mass is 19.3. The Hall–Kier alpha value is -1.01. The van der Waals surface area contributed by atoms with Gasteiger partial charge in [0.15, 0.2) is 0 Å². The number of aryl methyl sites for hydroxylation is 1. The van der Waals surface area contributed by atoms with Gasteiger partial charge in [-0.2, -0.15) is 5.10 Å². The topological polar surface area (TPSA) is 50.1 Å². The number of halogens is 2. The van der Waals surface area contributed by atoms with Crippen molar-refractivity contribution < 1.29 is 13.9 Å². The average Bonchev–Trinajstić information content (AvgIpc) is 2.69. The third-order valence-corrected chi connectivity index (χ3v) is 3.24. The highest BCUT2D eigenvalue weighted by molar-refractivity contribution is 5.24. The van der Waals surface area contributed by atoms with E-state index in [0.717, 1.165) is 30.5 Å². The van der Waals surface area contributed by atoms with E-state index < -0.39 is 12.5 Å². The summed E-state index contributed by atoms with van der Waals surface area (Å²) in [6, 6.07) is 0.0286. The van der Waals surface area contributed by atoms with Gasteiger partial charge in [0.05, 0.1) is 6.20 Å². The molecule has 0 amide bonds. The van der Waals surface area contributed by atoms with Gasteiger partial charge in [0, 0.05) is 30.9 Å². The molecule has 0 radical (unpaired) electrons. The summed E-state index contributed by atoms with van der Waals surface area (Å²) in [4.78, 5) is 0. The minimum Gasteiger partial charge on any atom is -0.386 e. The molecule has 0 aliphatic heterocycles. The maximum atomic E-state index is 12.2. The molecule has 2 N–H and O–H groups in total. The number of nitrogens with one attached hydrogen (secondary N) is 1. The zero-order valence-corrected chi connectivity index (χ0v) is 9.74. The molecule has 1 aromatic rings. The van der Waals surface area contributed by atoms with Crippen molar-refractivity contribution in [3.05, 3.63) is 17.5 Å². The number of fused-ring (bicyclic) bond motifs is 1. The summed E-state index contributed by atoms with van der Waals surface area (Å²) in [5, 5.41) is 16.2. The minimum atomic E-state index is -2.69. The quantitative estimate of drug-likeness (QED) is 0.832. The van der Waals surface area contributed by atoms with Crippen LogP contribution in [0.4, 0.5) is 8.78 Å². The third kappa shape index (κ3) is 2.63. The normalized spacial score (nSPS) is 21.6. The SMILES string of the molecule is Cn1ncc2c1CCCC2NCC(O)C(F)F. The fraction of sp³-hybridized carbons (Fsp3) is 0.727. The van der Waals surface area contributed by atoms with E-state index in [1.165, 1.54) is 0 Å². The molecule has 0 fully saturated rings. The third-order valence-electron chi connectivity index (χ3n) is 3.24. The van der Waals surface area contributed by atoms with Crippen molar-refractivity contribution in [1.29, 1.82) is 0 Å². The van der Waals surface area contributed by atoms with E-state index in [1.807, 2.05) is 11.7 Å². The molecule has 1 aliphatic rings. The van der Waals surface area contributed by atoms with Crippen LogP contribution in [0.1, 0.15) is 30.1 Å². The summed E-state index contributed by atoms with van der Waals surface area (Å²) >= 11 is 0. The van der Waals surface area contributed by atoms with Crippen LogP contribution in [-0.2, 0) is 13.5 Å². The average molecular weight is 245 g/mol. The van der Waals surface area contributed by atoms with Crippen LogP contribution in [0.3, 0.4) is 0 Å². The van der Waals surface area contributed by atoms with Crippen LogP contribution in [0.2, 0.25) is 0 Å². The Bertz CT molecular complexity index is 381. The molecule has 0 spiro atoms. The number of aromatic nitrogens is 2. The molecule has 0 bridgehead atoms. The molecule has 17 heavy (non-hydrogen) atoms. The van der Waals surface area contributed by atoms with Gasteiger partial charge in [-0.1, -0.05) is 0 Å². The second-order valence-electron chi connectivity index (χ2n) is 4.43. The van der Waals surface area contributed by atoms with Crippen LogP contribution in [0.25, 0.3) is 0 Å². The molecule has 0 saturated carbocycles. The van der Waals surface area contributed by atoms with Crippen LogP contribution in [0.5, 0.6) is 0 Å². The number of hydrogen-bond acceptors (Lipinski definition) is 3. The van der Waals surface area contributed by atoms with Gasteiger partial charge in [0.1, 0.15) is 6.10 Å². The number of aliphatic hydroxyl groups excluding tert-OH is 1. The Morgan fingerprint density at radius 3 is 3.12 bits per heavy atom. The highest BCUT2D eigenvalue weighted by Gasteiger charge is 2.25. The van der Waals surface area contributed by atoms with Gasteiger partial charge < -0.3 is 10.4 Å². The van der Waals surface area contributed by atoms with Crippen LogP contribution >= 0.6 is 0 Å². The summed E-state index contributed by atoms with van der Waals surface area (Å²) in [6.07, 6.45) is 0.364. The molecule has 6 heteroatoms. The molecule has 2 atom stereocenters. The van der Waals surface area contributed by atoms with E-state index in [1.54, 1.807) is 6.20 Å². The molecule has 0 saturated heterocycles. The van der Waals surface area contributed by atoms with E-state index in [9.17, 15) is 8.78 Å². The van der Waals surface area contributed by atoms with Gasteiger partial charge in [-0.3, -0.25) is 4.68 Å². The Kier molecular flexibility index (Phi) is 3.73. The molecule has 2 rings (SSSR count). The van der Waals surface area contributed by atoms with Gasteiger partial charge in [-0.15, -0.1) is 0 Å². The van der Waals surface area contributed by atoms with E-state index in [-0.39, 0.29) is 12.6 Å². The minimum absolute atomic E-state index is 0.0286. The van der Waals surface area contributed by atoms with Crippen molar-refractivity contribution in [2.24, 2.45) is 7.05 Å². The van der Waals surface area contributed by atoms with Crippen molar-refractivity contribution >= 4 is 0 Å². The smallest absolute Gasteiger partial charge is 0.265 e. The van der Waals surface area contributed by atoms with Gasteiger partial charge in [0.2, 0.25) is 0 Å². The number of rotatable bonds is 4. The van der Waals surface area contributed by atoms with Gasteiger partial charge in [0.25, 0.3) is 6.43 Å². The summed E-state index contributed by atoms with van der Waals surface area (Å²) in [6.45, 7) is -0.0866. The summed E-state index contributed by atoms with van der Waals surface area (Å²) < 4.78 is 26.2. The van der Waals surface area contributed by atoms with E-state index in [0.29, 0.717) is 0 Å². The Morgan fingerprint density at radius 2 is 2.41 bits per heavy atom. The van der Waals surface area contributed by atoms with Gasteiger partial charge >= 0.3 is 0 Å². The van der Waals surface area contributed by atoms with Gasteiger partial charge in [-0.05, 0) is 19.3 Å². The first-order valence-corrected chi connectivity index (χ1v) is 5.80. The van der Waals surface area contributed by atoms with Crippen molar-refractivity contribution in [2.75, 3.05) is 6.54 Å². The maximum absolute atomic E-state index is 12.2. The van der Waals surface area contributed by atoms with Crippen LogP contribution in [0, 0.1) is 0 Å². The number of hydrogen-bond donors (Lipinski definition) is 2. The lowest BCUT2D eigenvalue weighted by Crippen LogP contribution is -2.35. The fourth-order valence-electron chi connectivity index (χ4n) is 2.27. The molecule has 0 aromatic carbocycles. The second-order valence-corrected chi connectivity index (χ2v) is 4.43. The predicted octanol–water partition coefficient (Wildman–Crippen LogP) is 1.01. The van der Waals surface area contributed by atoms with E-state index in [2.05, 4.69) is 10.4 Å². The Morgan fingerprint density at radius 1 is 1.65 bits per heavy atom. The summed E-state index contributed by atoms with van der Waals surface area (Å²) in [5.41, 5.74) is 2.22. The standard InChI is InChI=1S/C11H17F2N3O/c1-16-9-4-2-3-8(7(9)5-15-16)14-6-10(17)11(12)13/h5,8,10-11,14,17H,2-4,6H2,1H3. The van der Waals surface area contributed by atoms with Crippen molar-refractivity contribution in [1.82, 2.24) is 15.1 Å². The summed E-state index contributed by atoms with van der Waals surface area (Å²) in [7, 11) is 1.88. The molecule has 96 valence electrons. The lowest BCUT2D eigenvalue weighted by molar-refractivity contribution is -0.00491. The molecule has 1 heterocycles. The van der Waals surface area contributed by atoms with Crippen molar-refractivity contribution in [2.45, 2.75) is 37.8 Å². The zero-order valence-electron chi connectivity index (χ0n) is 9.74. The second kappa shape index (κ2) is 5.10. The molecule has 1 aliphatic carbocycles. The monoisotopic (exact) mass is 245 g/mol. The first-order chi connectivity index (χ1) is 8.09. The van der Waals surface area contributed by atoms with E-state index in [4.69, 9.17) is 5.11 Å². The first kappa shape index (κ1) is 12.4. The molecular weight excluding hydrogens is 228 g/mol. The molecule has 1 aromatic heterocycles. The highest BCUT2D eigenvalue weighted by Crippen LogP contribution is 2.29. The van der Waals surface area contributed by atoms with E-state index >= 15 is 0 Å². The zero-order chi connectivity index (χ0) is 12.4. The van der Waals surface area contributed by atoms with Crippen molar-refractivity contribution in [3.8, 4) is 0 Å². The summed E-state index contributed by atoms with van der Waals surface area (Å²) in [5.74, 6) is 0. The van der Waals surface area contributed by atoms with Gasteiger partial charge in [-0.25, -0.2) is 8.78 Å². The predicted molar refractivity (Wildman–Crippen MR) is 58.9 cm³/mol. The maximum Gasteiger partial charge on any atom is 0.265 e. The first-order valence-electron chi connectivity index (χ1n) is 5.80. The Labute approximate surface area is 98.6 Å². The molecule has 4 nitrogen and oxygen atoms in total. The van der Waals surface area contributed by atoms with Crippen molar-refractivity contribution in [3.63, 3.8) is 0 Å². The lowest BCUT2D eigenvalue weighted by Gasteiger charge is -2.25. The number of aliphatic hydroxyl groups is 1. The number of alkyl halides is 2. The van der Waals surface area contributed by atoms with Crippen LogP contribution in [0.15, 0.2) is 6.20 Å². The molecule has 2 unspecified atom stereocenters. The number of nitrogens with zero attached hydrogens (tertiary/aromatic N) is 2. The van der Waals surface area contributed by atoms with Crippen LogP contribution in [-0.4, -0.2) is 34.0 Å². The largest absolute Gasteiger partial charge is 0.386 e. The molecular formula is C11H17F2N3O. The van der Waals surface area contributed by atoms with Crippen LogP contribution < -0.4 is 5.32 Å². The lowest BCUT2D eigenvalue weighted by atomic mass is 9.93.